The predicted molar refractivity (Wildman–Crippen MR) is 148 cm³/mol. The Bertz CT molecular complexity index is 1040. The molecular weight excluding hydrogens is 524 g/mol. The number of rotatable bonds is 13. The van der Waals surface area contributed by atoms with E-state index in [4.69, 9.17) is 27.0 Å². The topological polar surface area (TPSA) is 254 Å². The average Bonchev–Trinajstić information content (AvgIpc) is 3.36. The zero-order valence-corrected chi connectivity index (χ0v) is 23.8. The van der Waals surface area contributed by atoms with Crippen molar-refractivity contribution in [2.45, 2.75) is 96.6 Å². The molecule has 2 rings (SSSR count). The number of carbonyl (C=O) groups excluding carboxylic acids is 1. The minimum absolute atomic E-state index is 0.0129. The quantitative estimate of drug-likeness (QED) is 0.0941. The van der Waals surface area contributed by atoms with Gasteiger partial charge in [-0.2, -0.15) is 0 Å². The number of nitrogens with zero attached hydrogens (tertiary/aromatic N) is 4. The summed E-state index contributed by atoms with van der Waals surface area (Å²) in [4.78, 5) is 37.5. The van der Waals surface area contributed by atoms with Gasteiger partial charge >= 0.3 is 11.9 Å². The number of aliphatic imine (C=N–C) groups is 1. The molecule has 15 heteroatoms. The molecule has 0 bridgehead atoms. The van der Waals surface area contributed by atoms with E-state index in [2.05, 4.69) is 20.6 Å². The number of carboxylic acid groups (broad SMARTS) is 2. The van der Waals surface area contributed by atoms with E-state index in [0.717, 1.165) is 12.8 Å². The second-order valence-electron chi connectivity index (χ2n) is 10.1. The lowest BCUT2D eigenvalue weighted by atomic mass is 9.87. The molecule has 1 unspecified atom stereocenters. The predicted octanol–water partition coefficient (Wildman–Crippen LogP) is -0.0187. The molecule has 1 aliphatic carbocycles. The molecule has 1 heterocycles. The number of aromatic nitrogens is 3. The van der Waals surface area contributed by atoms with Crippen molar-refractivity contribution in [2.75, 3.05) is 6.54 Å². The van der Waals surface area contributed by atoms with Crippen LogP contribution in [0.15, 0.2) is 17.3 Å². The number of ether oxygens (including phenoxy) is 1. The smallest absolute Gasteiger partial charge is 0.320 e. The fourth-order valence-electron chi connectivity index (χ4n) is 3.91. The van der Waals surface area contributed by atoms with E-state index < -0.39 is 41.6 Å². The first kappa shape index (κ1) is 34.5. The van der Waals surface area contributed by atoms with Crippen molar-refractivity contribution < 1.29 is 34.4 Å². The summed E-state index contributed by atoms with van der Waals surface area (Å²) >= 11 is 0. The van der Waals surface area contributed by atoms with Crippen LogP contribution >= 0.6 is 0 Å². The van der Waals surface area contributed by atoms with Crippen LogP contribution in [0, 0.1) is 5.92 Å². The second-order valence-corrected chi connectivity index (χ2v) is 10.1. The van der Waals surface area contributed by atoms with Gasteiger partial charge in [-0.3, -0.25) is 19.4 Å². The first-order valence-corrected chi connectivity index (χ1v) is 13.2. The number of aliphatic carboxylic acids is 2. The van der Waals surface area contributed by atoms with Crippen molar-refractivity contribution in [1.82, 2.24) is 20.3 Å². The minimum atomic E-state index is -1.20. The Morgan fingerprint density at radius 3 is 2.33 bits per heavy atom. The van der Waals surface area contributed by atoms with Crippen molar-refractivity contribution in [1.29, 1.82) is 0 Å². The molecule has 1 aliphatic rings. The minimum Gasteiger partial charge on any atom is -0.481 e. The molecule has 40 heavy (non-hydrogen) atoms. The van der Waals surface area contributed by atoms with Crippen LogP contribution in [0.25, 0.3) is 5.70 Å². The summed E-state index contributed by atoms with van der Waals surface area (Å²) in [5.41, 5.74) is 14.9. The Labute approximate surface area is 233 Å². The van der Waals surface area contributed by atoms with E-state index in [9.17, 15) is 24.6 Å². The van der Waals surface area contributed by atoms with Gasteiger partial charge in [0, 0.05) is 13.5 Å². The van der Waals surface area contributed by atoms with Crippen LogP contribution in [0.4, 0.5) is 0 Å². The average molecular weight is 569 g/mol. The number of nitrogens with one attached hydrogen (secondary N) is 1. The fourth-order valence-corrected chi connectivity index (χ4v) is 3.91. The van der Waals surface area contributed by atoms with Crippen LogP contribution in [0.5, 0.6) is 0 Å². The number of nitrogens with two attached hydrogens (primary N) is 3. The third-order valence-corrected chi connectivity index (χ3v) is 6.17. The number of amides is 1. The van der Waals surface area contributed by atoms with E-state index in [1.807, 2.05) is 13.8 Å². The van der Waals surface area contributed by atoms with Crippen LogP contribution in [0.3, 0.4) is 0 Å². The molecule has 4 atom stereocenters. The Morgan fingerprint density at radius 2 is 1.88 bits per heavy atom. The van der Waals surface area contributed by atoms with Gasteiger partial charge in [-0.1, -0.05) is 19.1 Å². The number of hydrogen-bond donors (Lipinski definition) is 7. The van der Waals surface area contributed by atoms with Gasteiger partial charge < -0.3 is 42.6 Å². The van der Waals surface area contributed by atoms with Crippen molar-refractivity contribution in [3.05, 3.63) is 18.0 Å². The van der Waals surface area contributed by atoms with E-state index in [-0.39, 0.29) is 24.4 Å². The Morgan fingerprint density at radius 1 is 1.25 bits per heavy atom. The van der Waals surface area contributed by atoms with Gasteiger partial charge in [0.1, 0.15) is 17.3 Å². The number of aliphatic hydroxyl groups is 1. The zero-order valence-electron chi connectivity index (χ0n) is 23.8. The Kier molecular flexibility index (Phi) is 13.7. The number of carboxylic acids is 2. The highest BCUT2D eigenvalue weighted by molar-refractivity contribution is 5.79. The number of guanidine groups is 1. The highest BCUT2D eigenvalue weighted by Gasteiger charge is 2.39. The maximum atomic E-state index is 11.8. The van der Waals surface area contributed by atoms with Crippen molar-refractivity contribution >= 4 is 29.5 Å². The van der Waals surface area contributed by atoms with Crippen molar-refractivity contribution in [3.63, 3.8) is 0 Å². The third kappa shape index (κ3) is 11.3. The van der Waals surface area contributed by atoms with Gasteiger partial charge in [0.25, 0.3) is 0 Å². The molecule has 1 amide bonds. The van der Waals surface area contributed by atoms with Gasteiger partial charge in [0.2, 0.25) is 5.91 Å². The molecule has 1 aromatic rings. The molecule has 0 aliphatic heterocycles. The summed E-state index contributed by atoms with van der Waals surface area (Å²) in [5.74, 6) is -3.00. The number of carbonyl (C=O) groups is 3. The normalized spacial score (nSPS) is 19.6. The van der Waals surface area contributed by atoms with E-state index in [1.54, 1.807) is 26.1 Å². The van der Waals surface area contributed by atoms with Gasteiger partial charge in [0.15, 0.2) is 5.96 Å². The number of hydrogen-bond acceptors (Lipinski definition) is 9. The lowest BCUT2D eigenvalue weighted by Gasteiger charge is -2.36. The third-order valence-electron chi connectivity index (χ3n) is 6.17. The van der Waals surface area contributed by atoms with E-state index >= 15 is 0 Å². The van der Waals surface area contributed by atoms with Crippen LogP contribution in [-0.2, 0) is 24.7 Å². The molecule has 0 fully saturated rings. The molecule has 10 N–H and O–H groups in total. The van der Waals surface area contributed by atoms with Gasteiger partial charge in [-0.15, -0.1) is 5.10 Å². The molecule has 226 valence electrons. The molecule has 0 saturated heterocycles. The monoisotopic (exact) mass is 568 g/mol. The highest BCUT2D eigenvalue weighted by atomic mass is 16.5. The van der Waals surface area contributed by atoms with Crippen LogP contribution in [-0.4, -0.2) is 85.0 Å². The summed E-state index contributed by atoms with van der Waals surface area (Å²) < 4.78 is 7.59. The van der Waals surface area contributed by atoms with E-state index in [1.165, 1.54) is 11.6 Å². The summed E-state index contributed by atoms with van der Waals surface area (Å²) in [5, 5.41) is 39.0. The van der Waals surface area contributed by atoms with Crippen molar-refractivity contribution in [2.24, 2.45) is 28.1 Å². The largest absolute Gasteiger partial charge is 0.481 e. The SMILES string of the molecule is CCC(CC)O[C@@H]1CC(C(=O)O)C=C(n2cc(C(C)(C)O)nn2)[C@H]1NC(C)=O.NC(N)=NCCC[C@H](N)C(=O)O. The first-order valence-electron chi connectivity index (χ1n) is 13.2. The van der Waals surface area contributed by atoms with Crippen LogP contribution in [0.1, 0.15) is 72.4 Å². The standard InChI is InChI=1S/C19H30N4O5.C6H14N4O2/c1-6-13(7-2)28-15-9-12(18(25)26)8-14(17(15)20-11(3)24)23-10-16(21-22-23)19(4,5)27;7-4(5(11)12)2-1-3-10-6(8)9/h8,10,12-13,15,17,27H,6-7,9H2,1-5H3,(H,20,24)(H,25,26);4H,1-3,7H2,(H,11,12)(H4,8,9,10)/t12?,15-,17-;4-/m10/s1. The second kappa shape index (κ2) is 15.9. The van der Waals surface area contributed by atoms with E-state index in [0.29, 0.717) is 30.8 Å². The zero-order chi connectivity index (χ0) is 30.6. The van der Waals surface area contributed by atoms with Gasteiger partial charge in [0.05, 0.1) is 36.1 Å². The van der Waals surface area contributed by atoms with Crippen molar-refractivity contribution in [3.8, 4) is 0 Å². The summed E-state index contributed by atoms with van der Waals surface area (Å²) in [6, 6.07) is -1.40. The Balaban J connectivity index is 0.000000562. The lowest BCUT2D eigenvalue weighted by Crippen LogP contribution is -2.50. The van der Waals surface area contributed by atoms with Gasteiger partial charge in [-0.05, 0) is 52.0 Å². The van der Waals surface area contributed by atoms with Crippen LogP contribution in [0.2, 0.25) is 0 Å². The Hall–Kier alpha value is -3.56. The first-order chi connectivity index (χ1) is 18.6. The molecule has 1 aromatic heterocycles. The molecule has 0 saturated carbocycles. The molecular formula is C25H44N8O7. The molecule has 15 nitrogen and oxygen atoms in total. The maximum Gasteiger partial charge on any atom is 0.320 e. The lowest BCUT2D eigenvalue weighted by molar-refractivity contribution is -0.142. The highest BCUT2D eigenvalue weighted by Crippen LogP contribution is 2.31. The summed E-state index contributed by atoms with van der Waals surface area (Å²) in [7, 11) is 0. The molecule has 0 spiro atoms. The van der Waals surface area contributed by atoms with Crippen LogP contribution < -0.4 is 22.5 Å². The molecule has 0 radical (unpaired) electrons. The maximum absolute atomic E-state index is 11.8. The molecule has 0 aromatic carbocycles. The summed E-state index contributed by atoms with van der Waals surface area (Å²) in [6.45, 7) is 9.00. The summed E-state index contributed by atoms with van der Waals surface area (Å²) in [6.07, 6.45) is 5.30. The van der Waals surface area contributed by atoms with Gasteiger partial charge in [-0.25, -0.2) is 4.68 Å². The fraction of sp³-hybridized carbons (Fsp3) is 0.680.